The van der Waals surface area contributed by atoms with Crippen LogP contribution in [-0.4, -0.2) is 6.04 Å². The van der Waals surface area contributed by atoms with Gasteiger partial charge in [-0.05, 0) is 18.3 Å². The third kappa shape index (κ3) is 2.70. The van der Waals surface area contributed by atoms with Crippen LogP contribution < -0.4 is 5.73 Å². The molecule has 0 rings (SSSR count). The molecule has 1 nitrogen and oxygen atoms in total. The third-order valence-corrected chi connectivity index (χ3v) is 2.69. The van der Waals surface area contributed by atoms with E-state index in [0.717, 1.165) is 12.3 Å². The summed E-state index contributed by atoms with van der Waals surface area (Å²) in [6.07, 6.45) is 2.35. The summed E-state index contributed by atoms with van der Waals surface area (Å²) in [6, 6.07) is 0.398. The van der Waals surface area contributed by atoms with Crippen LogP contribution in [0.15, 0.2) is 0 Å². The lowest BCUT2D eigenvalue weighted by atomic mass is 9.86. The lowest BCUT2D eigenvalue weighted by Gasteiger charge is -2.23. The van der Waals surface area contributed by atoms with Crippen LogP contribution in [0.25, 0.3) is 0 Å². The normalized spacial score (nSPS) is 20.1. The Labute approximate surface area is 65.0 Å². The lowest BCUT2D eigenvalue weighted by Crippen LogP contribution is -2.31. The first kappa shape index (κ1) is 9.96. The Hall–Kier alpha value is -0.0400. The van der Waals surface area contributed by atoms with Crippen LogP contribution in [0.1, 0.15) is 40.5 Å². The Morgan fingerprint density at radius 1 is 1.10 bits per heavy atom. The molecule has 0 aliphatic carbocycles. The van der Waals surface area contributed by atoms with Crippen LogP contribution in [0.5, 0.6) is 0 Å². The fourth-order valence-electron chi connectivity index (χ4n) is 1.17. The van der Waals surface area contributed by atoms with E-state index in [9.17, 15) is 0 Å². The minimum atomic E-state index is 0.398. The highest BCUT2D eigenvalue weighted by atomic mass is 14.6. The first-order valence-electron chi connectivity index (χ1n) is 4.39. The second-order valence-electron chi connectivity index (χ2n) is 3.32. The van der Waals surface area contributed by atoms with Gasteiger partial charge < -0.3 is 5.73 Å². The van der Waals surface area contributed by atoms with Gasteiger partial charge >= 0.3 is 0 Å². The summed E-state index contributed by atoms with van der Waals surface area (Å²) in [4.78, 5) is 0. The molecule has 0 spiro atoms. The molecule has 0 heterocycles. The molecule has 0 bridgehead atoms. The minimum absolute atomic E-state index is 0.398. The van der Waals surface area contributed by atoms with Crippen molar-refractivity contribution in [2.24, 2.45) is 17.6 Å². The van der Waals surface area contributed by atoms with Gasteiger partial charge in [0.1, 0.15) is 0 Å². The van der Waals surface area contributed by atoms with Gasteiger partial charge in [0.2, 0.25) is 0 Å². The van der Waals surface area contributed by atoms with Crippen molar-refractivity contribution in [3.05, 3.63) is 0 Å². The van der Waals surface area contributed by atoms with Crippen LogP contribution in [0.3, 0.4) is 0 Å². The van der Waals surface area contributed by atoms with Crippen molar-refractivity contribution in [1.29, 1.82) is 0 Å². The minimum Gasteiger partial charge on any atom is -0.327 e. The van der Waals surface area contributed by atoms with Gasteiger partial charge in [-0.15, -0.1) is 0 Å². The largest absolute Gasteiger partial charge is 0.327 e. The van der Waals surface area contributed by atoms with Gasteiger partial charge in [0, 0.05) is 6.04 Å². The zero-order chi connectivity index (χ0) is 8.15. The zero-order valence-corrected chi connectivity index (χ0v) is 7.72. The van der Waals surface area contributed by atoms with Gasteiger partial charge in [0.15, 0.2) is 0 Å². The molecule has 0 aromatic heterocycles. The van der Waals surface area contributed by atoms with Crippen molar-refractivity contribution >= 4 is 0 Å². The molecule has 0 aliphatic heterocycles. The quantitative estimate of drug-likeness (QED) is 0.642. The Bertz CT molecular complexity index is 70.8. The molecule has 3 atom stereocenters. The maximum atomic E-state index is 5.89. The standard InChI is InChI=1S/C9H21N/c1-5-7(3)8(4)9(10)6-2/h7-9H,5-6,10H2,1-4H3/t7-,8-,9-/m1/s1. The van der Waals surface area contributed by atoms with Gasteiger partial charge in [-0.3, -0.25) is 0 Å². The predicted octanol–water partition coefficient (Wildman–Crippen LogP) is 2.41. The molecule has 0 fully saturated rings. The van der Waals surface area contributed by atoms with Crippen LogP contribution >= 0.6 is 0 Å². The molecule has 0 unspecified atom stereocenters. The van der Waals surface area contributed by atoms with Crippen LogP contribution in [-0.2, 0) is 0 Å². The second kappa shape index (κ2) is 4.73. The summed E-state index contributed by atoms with van der Waals surface area (Å²) < 4.78 is 0. The molecule has 62 valence electrons. The van der Waals surface area contributed by atoms with Gasteiger partial charge in [0.25, 0.3) is 0 Å². The maximum Gasteiger partial charge on any atom is 0.00644 e. The molecule has 10 heavy (non-hydrogen) atoms. The highest BCUT2D eigenvalue weighted by molar-refractivity contribution is 4.71. The van der Waals surface area contributed by atoms with Gasteiger partial charge in [-0.25, -0.2) is 0 Å². The summed E-state index contributed by atoms with van der Waals surface area (Å²) in [5, 5.41) is 0. The first-order chi connectivity index (χ1) is 4.63. The average molecular weight is 143 g/mol. The van der Waals surface area contributed by atoms with Crippen molar-refractivity contribution in [2.75, 3.05) is 0 Å². The van der Waals surface area contributed by atoms with Crippen LogP contribution in [0.2, 0.25) is 0 Å². The fraction of sp³-hybridized carbons (Fsp3) is 1.00. The maximum absolute atomic E-state index is 5.89. The molecular weight excluding hydrogens is 122 g/mol. The third-order valence-electron chi connectivity index (χ3n) is 2.69. The molecule has 1 heteroatoms. The number of hydrogen-bond donors (Lipinski definition) is 1. The molecule has 2 N–H and O–H groups in total. The van der Waals surface area contributed by atoms with E-state index in [4.69, 9.17) is 5.73 Å². The fourth-order valence-corrected chi connectivity index (χ4v) is 1.17. The van der Waals surface area contributed by atoms with E-state index in [1.54, 1.807) is 0 Å². The number of hydrogen-bond acceptors (Lipinski definition) is 1. The average Bonchev–Trinajstić information content (AvgIpc) is 2.00. The molecule has 0 aromatic carbocycles. The SMILES string of the molecule is CC[C@@H](C)[C@@H](C)[C@H](N)CC. The zero-order valence-electron chi connectivity index (χ0n) is 7.72. The predicted molar refractivity (Wildman–Crippen MR) is 46.9 cm³/mol. The number of rotatable bonds is 4. The molecular formula is C9H21N. The lowest BCUT2D eigenvalue weighted by molar-refractivity contribution is 0.311. The Kier molecular flexibility index (Phi) is 4.71. The Balaban J connectivity index is 3.69. The van der Waals surface area contributed by atoms with E-state index in [-0.39, 0.29) is 0 Å². The molecule has 0 aliphatic rings. The number of nitrogens with two attached hydrogens (primary N) is 1. The molecule has 0 radical (unpaired) electrons. The van der Waals surface area contributed by atoms with Crippen molar-refractivity contribution in [3.63, 3.8) is 0 Å². The monoisotopic (exact) mass is 143 g/mol. The van der Waals surface area contributed by atoms with E-state index < -0.39 is 0 Å². The summed E-state index contributed by atoms with van der Waals surface area (Å²) in [5.41, 5.74) is 5.89. The van der Waals surface area contributed by atoms with E-state index in [0.29, 0.717) is 12.0 Å². The molecule has 0 aromatic rings. The topological polar surface area (TPSA) is 26.0 Å². The van der Waals surface area contributed by atoms with E-state index in [1.165, 1.54) is 6.42 Å². The van der Waals surface area contributed by atoms with E-state index >= 15 is 0 Å². The highest BCUT2D eigenvalue weighted by Gasteiger charge is 2.15. The van der Waals surface area contributed by atoms with E-state index in [2.05, 4.69) is 27.7 Å². The summed E-state index contributed by atoms with van der Waals surface area (Å²) >= 11 is 0. The van der Waals surface area contributed by atoms with E-state index in [1.807, 2.05) is 0 Å². The van der Waals surface area contributed by atoms with Gasteiger partial charge in [0.05, 0.1) is 0 Å². The van der Waals surface area contributed by atoms with Gasteiger partial charge in [-0.2, -0.15) is 0 Å². The highest BCUT2D eigenvalue weighted by Crippen LogP contribution is 2.18. The first-order valence-corrected chi connectivity index (χ1v) is 4.39. The van der Waals surface area contributed by atoms with Crippen molar-refractivity contribution < 1.29 is 0 Å². The molecule has 0 saturated carbocycles. The molecule has 0 saturated heterocycles. The Morgan fingerprint density at radius 3 is 1.90 bits per heavy atom. The van der Waals surface area contributed by atoms with Crippen molar-refractivity contribution in [3.8, 4) is 0 Å². The summed E-state index contributed by atoms with van der Waals surface area (Å²) in [5.74, 6) is 1.45. The van der Waals surface area contributed by atoms with Crippen molar-refractivity contribution in [1.82, 2.24) is 0 Å². The van der Waals surface area contributed by atoms with Crippen LogP contribution in [0, 0.1) is 11.8 Å². The molecule has 0 amide bonds. The van der Waals surface area contributed by atoms with Crippen LogP contribution in [0.4, 0.5) is 0 Å². The summed E-state index contributed by atoms with van der Waals surface area (Å²) in [7, 11) is 0. The smallest absolute Gasteiger partial charge is 0.00644 e. The van der Waals surface area contributed by atoms with Gasteiger partial charge in [-0.1, -0.05) is 34.1 Å². The second-order valence-corrected chi connectivity index (χ2v) is 3.32. The summed E-state index contributed by atoms with van der Waals surface area (Å²) in [6.45, 7) is 8.91. The Morgan fingerprint density at radius 2 is 1.60 bits per heavy atom. The van der Waals surface area contributed by atoms with Crippen molar-refractivity contribution in [2.45, 2.75) is 46.6 Å².